The van der Waals surface area contributed by atoms with Gasteiger partial charge in [-0.05, 0) is 0 Å². The molecule has 0 aromatic carbocycles. The van der Waals surface area contributed by atoms with E-state index < -0.39 is 10.0 Å². The molecule has 1 heterocycles. The van der Waals surface area contributed by atoms with Crippen molar-refractivity contribution in [1.82, 2.24) is 9.71 Å². The zero-order valence-electron chi connectivity index (χ0n) is 7.13. The van der Waals surface area contributed by atoms with Crippen molar-refractivity contribution in [2.75, 3.05) is 5.75 Å². The normalized spacial score (nSPS) is 11.4. The average Bonchev–Trinajstić information content (AvgIpc) is 2.50. The lowest BCUT2D eigenvalue weighted by Crippen LogP contribution is -2.31. The minimum atomic E-state index is -3.39. The summed E-state index contributed by atoms with van der Waals surface area (Å²) in [5.74, 6) is -0.318. The summed E-state index contributed by atoms with van der Waals surface area (Å²) in [7, 11) is -3.39. The van der Waals surface area contributed by atoms with E-state index in [1.54, 1.807) is 11.7 Å². The summed E-state index contributed by atoms with van der Waals surface area (Å²) in [5, 5.41) is 0. The van der Waals surface area contributed by atoms with Crippen LogP contribution in [0.25, 0.3) is 0 Å². The van der Waals surface area contributed by atoms with Crippen LogP contribution in [-0.2, 0) is 16.6 Å². The molecule has 1 aromatic heterocycles. The predicted molar refractivity (Wildman–Crippen MR) is 59.5 cm³/mol. The molecule has 3 N–H and O–H groups in total. The molecule has 0 bridgehead atoms. The van der Waals surface area contributed by atoms with Gasteiger partial charge < -0.3 is 5.73 Å². The molecule has 0 saturated carbocycles. The molecular formula is C6H9N3O2S3. The van der Waals surface area contributed by atoms with E-state index in [-0.39, 0.29) is 17.3 Å². The number of nitrogens with zero attached hydrogens (tertiary/aromatic N) is 1. The summed E-state index contributed by atoms with van der Waals surface area (Å²) < 4.78 is 24.9. The van der Waals surface area contributed by atoms with Crippen molar-refractivity contribution in [1.29, 1.82) is 0 Å². The lowest BCUT2D eigenvalue weighted by molar-refractivity contribution is 0.586. The van der Waals surface area contributed by atoms with Crippen molar-refractivity contribution >= 4 is 38.6 Å². The van der Waals surface area contributed by atoms with E-state index in [9.17, 15) is 8.42 Å². The Morgan fingerprint density at radius 3 is 2.93 bits per heavy atom. The van der Waals surface area contributed by atoms with E-state index >= 15 is 0 Å². The fourth-order valence-corrected chi connectivity index (χ4v) is 2.69. The Labute approximate surface area is 91.4 Å². The number of nitrogens with two attached hydrogens (primary N) is 1. The second kappa shape index (κ2) is 4.78. The van der Waals surface area contributed by atoms with Crippen molar-refractivity contribution in [3.63, 3.8) is 0 Å². The van der Waals surface area contributed by atoms with Gasteiger partial charge in [-0.2, -0.15) is 0 Å². The highest BCUT2D eigenvalue weighted by Crippen LogP contribution is 2.04. The first-order valence-electron chi connectivity index (χ1n) is 3.62. The third-order valence-electron chi connectivity index (χ3n) is 1.28. The monoisotopic (exact) mass is 251 g/mol. The van der Waals surface area contributed by atoms with E-state index in [1.807, 2.05) is 0 Å². The fourth-order valence-electron chi connectivity index (χ4n) is 0.749. The number of thiazole rings is 1. The van der Waals surface area contributed by atoms with Crippen LogP contribution in [0, 0.1) is 0 Å². The quantitative estimate of drug-likeness (QED) is 0.711. The maximum absolute atomic E-state index is 11.2. The molecule has 0 aliphatic heterocycles. The van der Waals surface area contributed by atoms with Gasteiger partial charge >= 0.3 is 0 Å². The van der Waals surface area contributed by atoms with Gasteiger partial charge in [-0.25, -0.2) is 13.1 Å². The van der Waals surface area contributed by atoms with Crippen LogP contribution in [0.1, 0.15) is 4.88 Å². The van der Waals surface area contributed by atoms with Gasteiger partial charge in [-0.1, -0.05) is 12.2 Å². The number of nitrogens with one attached hydrogen (secondary N) is 1. The Morgan fingerprint density at radius 2 is 2.43 bits per heavy atom. The molecule has 5 nitrogen and oxygen atoms in total. The van der Waals surface area contributed by atoms with Crippen LogP contribution in [-0.4, -0.2) is 24.1 Å². The van der Waals surface area contributed by atoms with Gasteiger partial charge in [-0.15, -0.1) is 11.3 Å². The lowest BCUT2D eigenvalue weighted by Gasteiger charge is -2.03. The smallest absolute Gasteiger partial charge is 0.218 e. The molecule has 0 amide bonds. The highest BCUT2D eigenvalue weighted by Gasteiger charge is 2.11. The van der Waals surface area contributed by atoms with E-state index in [0.717, 1.165) is 4.88 Å². The van der Waals surface area contributed by atoms with Gasteiger partial charge in [-0.3, -0.25) is 4.98 Å². The molecule has 0 saturated heterocycles. The van der Waals surface area contributed by atoms with Gasteiger partial charge in [0.25, 0.3) is 0 Å². The third-order valence-corrected chi connectivity index (χ3v) is 3.66. The zero-order valence-corrected chi connectivity index (χ0v) is 9.58. The van der Waals surface area contributed by atoms with Crippen LogP contribution in [0.5, 0.6) is 0 Å². The molecule has 0 aliphatic carbocycles. The minimum Gasteiger partial charge on any atom is -0.392 e. The molecular weight excluding hydrogens is 242 g/mol. The van der Waals surface area contributed by atoms with Crippen LogP contribution >= 0.6 is 23.6 Å². The number of hydrogen-bond donors (Lipinski definition) is 2. The molecule has 0 unspecified atom stereocenters. The maximum Gasteiger partial charge on any atom is 0.218 e. The van der Waals surface area contributed by atoms with Crippen molar-refractivity contribution in [2.24, 2.45) is 5.73 Å². The Morgan fingerprint density at radius 1 is 1.71 bits per heavy atom. The van der Waals surface area contributed by atoms with Crippen molar-refractivity contribution in [3.8, 4) is 0 Å². The third kappa shape index (κ3) is 4.09. The van der Waals surface area contributed by atoms with E-state index in [4.69, 9.17) is 5.73 Å². The van der Waals surface area contributed by atoms with Crippen molar-refractivity contribution in [2.45, 2.75) is 6.54 Å². The summed E-state index contributed by atoms with van der Waals surface area (Å²) in [6.07, 6.45) is 1.61. The number of aromatic nitrogens is 1. The van der Waals surface area contributed by atoms with E-state index in [0.29, 0.717) is 0 Å². The SMILES string of the molecule is NC(=S)CS(=O)(=O)NCc1cncs1. The second-order valence-corrected chi connectivity index (χ2v) is 5.82. The molecule has 1 aromatic rings. The Kier molecular flexibility index (Phi) is 3.93. The van der Waals surface area contributed by atoms with Gasteiger partial charge in [0.15, 0.2) is 0 Å². The van der Waals surface area contributed by atoms with Crippen molar-refractivity contribution in [3.05, 3.63) is 16.6 Å². The van der Waals surface area contributed by atoms with Crippen molar-refractivity contribution < 1.29 is 8.42 Å². The first-order chi connectivity index (χ1) is 6.49. The predicted octanol–water partition coefficient (Wildman–Crippen LogP) is -0.151. The molecule has 0 radical (unpaired) electrons. The Hall–Kier alpha value is -0.570. The standard InChI is InChI=1S/C6H9N3O2S3/c7-6(12)3-14(10,11)9-2-5-1-8-4-13-5/h1,4,9H,2-3H2,(H2,7,12). The van der Waals surface area contributed by atoms with Crippen LogP contribution in [0.2, 0.25) is 0 Å². The topological polar surface area (TPSA) is 85.1 Å². The fraction of sp³-hybridized carbons (Fsp3) is 0.333. The highest BCUT2D eigenvalue weighted by molar-refractivity contribution is 7.92. The maximum atomic E-state index is 11.2. The van der Waals surface area contributed by atoms with Crippen LogP contribution < -0.4 is 10.5 Å². The first-order valence-corrected chi connectivity index (χ1v) is 6.56. The summed E-state index contributed by atoms with van der Waals surface area (Å²) in [4.78, 5) is 4.62. The van der Waals surface area contributed by atoms with Gasteiger partial charge in [0, 0.05) is 17.6 Å². The molecule has 1 rings (SSSR count). The molecule has 78 valence electrons. The Bertz CT molecular complexity index is 398. The largest absolute Gasteiger partial charge is 0.392 e. The highest BCUT2D eigenvalue weighted by atomic mass is 32.2. The van der Waals surface area contributed by atoms with Gasteiger partial charge in [0.2, 0.25) is 10.0 Å². The van der Waals surface area contributed by atoms with Gasteiger partial charge in [0.05, 0.1) is 10.5 Å². The molecule has 0 aliphatic rings. The number of hydrogen-bond acceptors (Lipinski definition) is 5. The zero-order chi connectivity index (χ0) is 10.6. The summed E-state index contributed by atoms with van der Waals surface area (Å²) in [6.45, 7) is 0.232. The van der Waals surface area contributed by atoms with E-state index in [1.165, 1.54) is 11.3 Å². The lowest BCUT2D eigenvalue weighted by atomic mass is 10.6. The first kappa shape index (κ1) is 11.5. The molecule has 14 heavy (non-hydrogen) atoms. The van der Waals surface area contributed by atoms with Crippen LogP contribution in [0.15, 0.2) is 11.7 Å². The van der Waals surface area contributed by atoms with Gasteiger partial charge in [0.1, 0.15) is 5.75 Å². The summed E-state index contributed by atoms with van der Waals surface area (Å²) in [5.41, 5.74) is 6.77. The molecule has 8 heteroatoms. The molecule has 0 atom stereocenters. The summed E-state index contributed by atoms with van der Waals surface area (Å²) in [6, 6.07) is 0. The Balaban J connectivity index is 2.49. The van der Waals surface area contributed by atoms with Crippen LogP contribution in [0.4, 0.5) is 0 Å². The number of rotatable bonds is 5. The van der Waals surface area contributed by atoms with Crippen LogP contribution in [0.3, 0.4) is 0 Å². The summed E-state index contributed by atoms with van der Waals surface area (Å²) >= 11 is 5.89. The second-order valence-electron chi connectivity index (χ2n) is 2.51. The number of thiocarbonyl (C=S) groups is 1. The van der Waals surface area contributed by atoms with E-state index in [2.05, 4.69) is 21.9 Å². The minimum absolute atomic E-state index is 0.0400. The molecule has 0 spiro atoms. The average molecular weight is 251 g/mol. The number of sulfonamides is 1. The molecule has 0 fully saturated rings.